The molecule has 0 amide bonds. The third kappa shape index (κ3) is 9.88. The van der Waals surface area contributed by atoms with E-state index in [4.69, 9.17) is 18.9 Å². The number of ether oxygens (including phenoxy) is 4. The molecule has 2 unspecified atom stereocenters. The van der Waals surface area contributed by atoms with Crippen LogP contribution in [0.4, 0.5) is 9.59 Å². The quantitative estimate of drug-likeness (QED) is 0.379. The van der Waals surface area contributed by atoms with Gasteiger partial charge in [-0.2, -0.15) is 0 Å². The number of carbonyl (C=O) groups excluding carboxylic acids is 2. The van der Waals surface area contributed by atoms with Crippen molar-refractivity contribution in [3.63, 3.8) is 0 Å². The molecule has 0 heterocycles. The van der Waals surface area contributed by atoms with Gasteiger partial charge in [0.15, 0.2) is 0 Å². The minimum absolute atomic E-state index is 0.312. The fourth-order valence-corrected chi connectivity index (χ4v) is 2.26. The normalized spacial score (nSPS) is 14.3. The van der Waals surface area contributed by atoms with Crippen LogP contribution in [-0.2, 0) is 18.9 Å². The maximum absolute atomic E-state index is 12.1. The highest BCUT2D eigenvalue weighted by Gasteiger charge is 2.45. The van der Waals surface area contributed by atoms with Crippen molar-refractivity contribution in [2.45, 2.75) is 93.3 Å². The van der Waals surface area contributed by atoms with Gasteiger partial charge in [-0.15, -0.1) is 0 Å². The molecular weight excluding hydrogens is 336 g/mol. The molecule has 0 fully saturated rings. The maximum Gasteiger partial charge on any atom is 0.508 e. The smallest absolute Gasteiger partial charge is 0.434 e. The fraction of sp³-hybridized carbons (Fsp3) is 0.900. The molecule has 0 aliphatic carbocycles. The second-order valence-corrected chi connectivity index (χ2v) is 8.71. The lowest BCUT2D eigenvalue weighted by molar-refractivity contribution is -0.125. The van der Waals surface area contributed by atoms with E-state index in [1.165, 1.54) is 0 Å². The number of hydrogen-bond donors (Lipinski definition) is 0. The average molecular weight is 375 g/mol. The summed E-state index contributed by atoms with van der Waals surface area (Å²) in [5, 5.41) is 0. The summed E-state index contributed by atoms with van der Waals surface area (Å²) in [6.45, 7) is 16.2. The van der Waals surface area contributed by atoms with Gasteiger partial charge in [-0.05, 0) is 12.8 Å². The lowest BCUT2D eigenvalue weighted by atomic mass is 9.76. The monoisotopic (exact) mass is 374 g/mol. The number of carbonyl (C=O) groups is 2. The molecule has 6 heteroatoms. The second-order valence-electron chi connectivity index (χ2n) is 8.71. The van der Waals surface area contributed by atoms with E-state index in [0.29, 0.717) is 13.2 Å². The van der Waals surface area contributed by atoms with Crippen LogP contribution in [0.25, 0.3) is 0 Å². The first-order valence-corrected chi connectivity index (χ1v) is 9.60. The van der Waals surface area contributed by atoms with Gasteiger partial charge < -0.3 is 18.9 Å². The van der Waals surface area contributed by atoms with Gasteiger partial charge >= 0.3 is 12.3 Å². The molecule has 0 aromatic carbocycles. The molecule has 26 heavy (non-hydrogen) atoms. The van der Waals surface area contributed by atoms with E-state index < -0.39 is 35.3 Å². The molecule has 154 valence electrons. The summed E-state index contributed by atoms with van der Waals surface area (Å²) in [5.41, 5.74) is -0.906. The van der Waals surface area contributed by atoms with E-state index in [0.717, 1.165) is 25.7 Å². The average Bonchev–Trinajstić information content (AvgIpc) is 2.49. The molecule has 0 aromatic heterocycles. The summed E-state index contributed by atoms with van der Waals surface area (Å²) in [5.74, 6) is 0. The SMILES string of the molecule is CCCCOC(=O)OC(C(OC(=O)OCCCC)C(C)(C)C)C(C)(C)C. The van der Waals surface area contributed by atoms with Gasteiger partial charge in [0, 0.05) is 10.8 Å². The molecule has 0 rings (SSSR count). The summed E-state index contributed by atoms with van der Waals surface area (Å²) < 4.78 is 21.4. The van der Waals surface area contributed by atoms with Crippen molar-refractivity contribution in [3.05, 3.63) is 0 Å². The largest absolute Gasteiger partial charge is 0.508 e. The minimum atomic E-state index is -0.740. The molecule has 6 nitrogen and oxygen atoms in total. The first-order chi connectivity index (χ1) is 11.9. The molecular formula is C20H38O6. The molecule has 0 saturated carbocycles. The van der Waals surface area contributed by atoms with Crippen molar-refractivity contribution in [2.75, 3.05) is 13.2 Å². The van der Waals surface area contributed by atoms with Crippen LogP contribution in [0.1, 0.15) is 81.1 Å². The van der Waals surface area contributed by atoms with E-state index in [2.05, 4.69) is 0 Å². The van der Waals surface area contributed by atoms with Crippen LogP contribution in [0.15, 0.2) is 0 Å². The fourth-order valence-electron chi connectivity index (χ4n) is 2.26. The van der Waals surface area contributed by atoms with Crippen molar-refractivity contribution in [1.29, 1.82) is 0 Å². The van der Waals surface area contributed by atoms with Crippen LogP contribution in [0.2, 0.25) is 0 Å². The minimum Gasteiger partial charge on any atom is -0.434 e. The van der Waals surface area contributed by atoms with Crippen LogP contribution in [0.3, 0.4) is 0 Å². The Kier molecular flexibility index (Phi) is 10.7. The molecule has 0 spiro atoms. The van der Waals surface area contributed by atoms with Crippen LogP contribution >= 0.6 is 0 Å². The Morgan fingerprint density at radius 1 is 0.692 bits per heavy atom. The third-order valence-corrected chi connectivity index (χ3v) is 3.86. The maximum atomic E-state index is 12.1. The van der Waals surface area contributed by atoms with Crippen LogP contribution in [0.5, 0.6) is 0 Å². The van der Waals surface area contributed by atoms with E-state index in [1.54, 1.807) is 0 Å². The van der Waals surface area contributed by atoms with Gasteiger partial charge in [0.2, 0.25) is 0 Å². The summed E-state index contributed by atoms with van der Waals surface area (Å²) in [7, 11) is 0. The zero-order chi connectivity index (χ0) is 20.4. The standard InChI is InChI=1S/C20H38O6/c1-9-11-13-23-17(21)25-15(19(3,4)5)16(20(6,7)8)26-18(22)24-14-12-10-2/h15-16H,9-14H2,1-8H3. The number of rotatable bonds is 9. The zero-order valence-electron chi connectivity index (χ0n) is 17.8. The van der Waals surface area contributed by atoms with Gasteiger partial charge in [0.1, 0.15) is 12.2 Å². The predicted molar refractivity (Wildman–Crippen MR) is 101 cm³/mol. The lowest BCUT2D eigenvalue weighted by Crippen LogP contribution is -2.50. The van der Waals surface area contributed by atoms with Gasteiger partial charge in [-0.25, -0.2) is 9.59 Å². The Hall–Kier alpha value is -1.46. The van der Waals surface area contributed by atoms with Gasteiger partial charge in [0.05, 0.1) is 13.2 Å². The summed E-state index contributed by atoms with van der Waals surface area (Å²) in [6, 6.07) is 0. The van der Waals surface area contributed by atoms with Crippen molar-refractivity contribution in [3.8, 4) is 0 Å². The van der Waals surface area contributed by atoms with Crippen LogP contribution < -0.4 is 0 Å². The second kappa shape index (κ2) is 11.3. The highest BCUT2D eigenvalue weighted by Crippen LogP contribution is 2.36. The molecule has 0 aliphatic rings. The van der Waals surface area contributed by atoms with Crippen molar-refractivity contribution in [2.24, 2.45) is 10.8 Å². The number of unbranched alkanes of at least 4 members (excludes halogenated alkanes) is 2. The van der Waals surface area contributed by atoms with Gasteiger partial charge in [0.25, 0.3) is 0 Å². The van der Waals surface area contributed by atoms with Crippen molar-refractivity contribution >= 4 is 12.3 Å². The van der Waals surface area contributed by atoms with Gasteiger partial charge in [-0.3, -0.25) is 0 Å². The lowest BCUT2D eigenvalue weighted by Gasteiger charge is -2.41. The molecule has 0 saturated heterocycles. The molecule has 0 N–H and O–H groups in total. The molecule has 0 bridgehead atoms. The third-order valence-electron chi connectivity index (χ3n) is 3.86. The Morgan fingerprint density at radius 3 is 1.23 bits per heavy atom. The molecule has 0 radical (unpaired) electrons. The highest BCUT2D eigenvalue weighted by atomic mass is 16.8. The van der Waals surface area contributed by atoms with E-state index in [1.807, 2.05) is 55.4 Å². The Bertz CT molecular complexity index is 379. The molecule has 0 aliphatic heterocycles. The topological polar surface area (TPSA) is 71.1 Å². The van der Waals surface area contributed by atoms with Crippen LogP contribution in [0, 0.1) is 10.8 Å². The first kappa shape index (κ1) is 24.5. The van der Waals surface area contributed by atoms with E-state index >= 15 is 0 Å². The first-order valence-electron chi connectivity index (χ1n) is 9.60. The number of hydrogen-bond acceptors (Lipinski definition) is 6. The Labute approximate surface area is 158 Å². The summed E-state index contributed by atoms with van der Waals surface area (Å²) >= 11 is 0. The van der Waals surface area contributed by atoms with Gasteiger partial charge in [-0.1, -0.05) is 68.2 Å². The van der Waals surface area contributed by atoms with Crippen molar-refractivity contribution in [1.82, 2.24) is 0 Å². The van der Waals surface area contributed by atoms with Crippen molar-refractivity contribution < 1.29 is 28.5 Å². The predicted octanol–water partition coefficient (Wildman–Crippen LogP) is 5.72. The Balaban J connectivity index is 5.19. The summed E-state index contributed by atoms with van der Waals surface area (Å²) in [6.07, 6.45) is 0.578. The molecule has 2 atom stereocenters. The Morgan fingerprint density at radius 2 is 1.00 bits per heavy atom. The zero-order valence-corrected chi connectivity index (χ0v) is 17.8. The summed E-state index contributed by atoms with van der Waals surface area (Å²) in [4.78, 5) is 24.2. The van der Waals surface area contributed by atoms with Crippen LogP contribution in [-0.4, -0.2) is 37.7 Å². The molecule has 0 aromatic rings. The van der Waals surface area contributed by atoms with E-state index in [-0.39, 0.29) is 0 Å². The van der Waals surface area contributed by atoms with E-state index in [9.17, 15) is 9.59 Å². The highest BCUT2D eigenvalue weighted by molar-refractivity contribution is 5.61.